The monoisotopic (exact) mass is 284 g/mol. The third kappa shape index (κ3) is 4.67. The van der Waals surface area contributed by atoms with E-state index in [1.165, 1.54) is 44.9 Å². The molecule has 2 aliphatic rings. The van der Waals surface area contributed by atoms with Crippen LogP contribution in [0.1, 0.15) is 65.2 Å². The van der Waals surface area contributed by atoms with Gasteiger partial charge in [0.05, 0.1) is 5.54 Å². The number of carbonyl (C=O) groups is 1. The molecule has 110 valence electrons. The largest absolute Gasteiger partial charge is 0.368 e. The summed E-state index contributed by atoms with van der Waals surface area (Å²) in [5.74, 6) is -0.199. The van der Waals surface area contributed by atoms with Crippen LogP contribution in [0.15, 0.2) is 0 Å². The molecule has 2 aliphatic carbocycles. The fraction of sp³-hybridized carbons (Fsp3) is 0.933. The Hall–Kier alpha value is -0.220. The first-order chi connectivity index (χ1) is 8.99. The van der Waals surface area contributed by atoms with E-state index < -0.39 is 5.54 Å². The summed E-state index contributed by atoms with van der Waals surface area (Å²) in [5, 5.41) is 4.73. The van der Waals surface area contributed by atoms with E-state index in [4.69, 9.17) is 5.73 Å². The van der Waals surface area contributed by atoms with Crippen molar-refractivity contribution in [3.8, 4) is 0 Å². The maximum atomic E-state index is 11.8. The normalized spacial score (nSPS) is 25.8. The van der Waals surface area contributed by atoms with Crippen molar-refractivity contribution < 1.29 is 4.79 Å². The maximum absolute atomic E-state index is 11.8. The summed E-state index contributed by atoms with van der Waals surface area (Å²) in [4.78, 5) is 11.8. The first kappa shape index (κ1) is 15.2. The van der Waals surface area contributed by atoms with Crippen LogP contribution in [0.5, 0.6) is 0 Å². The molecular weight excluding hydrogens is 256 g/mol. The summed E-state index contributed by atoms with van der Waals surface area (Å²) in [5.41, 5.74) is 5.09. The Balaban J connectivity index is 1.83. The molecule has 2 atom stereocenters. The number of hydrogen-bond acceptors (Lipinski definition) is 3. The van der Waals surface area contributed by atoms with Crippen LogP contribution in [0.2, 0.25) is 0 Å². The Morgan fingerprint density at radius 1 is 1.32 bits per heavy atom. The van der Waals surface area contributed by atoms with Gasteiger partial charge in [-0.05, 0) is 39.0 Å². The van der Waals surface area contributed by atoms with E-state index in [1.54, 1.807) is 0 Å². The zero-order valence-electron chi connectivity index (χ0n) is 12.3. The van der Waals surface area contributed by atoms with Crippen molar-refractivity contribution in [2.75, 3.05) is 0 Å². The average molecular weight is 284 g/mol. The van der Waals surface area contributed by atoms with Crippen molar-refractivity contribution in [1.29, 1.82) is 0 Å². The number of amides is 1. The molecule has 3 N–H and O–H groups in total. The lowest BCUT2D eigenvalue weighted by molar-refractivity contribution is -0.124. The van der Waals surface area contributed by atoms with E-state index in [1.807, 2.05) is 6.92 Å². The number of thioether (sulfide) groups is 1. The lowest BCUT2D eigenvalue weighted by atomic mass is 9.95. The molecule has 0 aromatic rings. The predicted molar refractivity (Wildman–Crippen MR) is 82.3 cm³/mol. The van der Waals surface area contributed by atoms with Crippen molar-refractivity contribution in [2.24, 2.45) is 5.73 Å². The minimum atomic E-state index is -0.526. The molecule has 0 heterocycles. The lowest BCUT2D eigenvalue weighted by Crippen LogP contribution is -2.55. The molecular formula is C15H28N2OS. The number of rotatable bonds is 7. The van der Waals surface area contributed by atoms with E-state index in [-0.39, 0.29) is 5.91 Å². The van der Waals surface area contributed by atoms with Crippen LogP contribution in [0.25, 0.3) is 0 Å². The quantitative estimate of drug-likeness (QED) is 0.756. The Bertz CT molecular complexity index is 313. The Kier molecular flexibility index (Phi) is 5.18. The second kappa shape index (κ2) is 6.49. The molecule has 1 amide bonds. The molecule has 2 saturated carbocycles. The molecule has 2 unspecified atom stereocenters. The number of primary amides is 1. The van der Waals surface area contributed by atoms with Gasteiger partial charge in [-0.3, -0.25) is 4.79 Å². The molecule has 0 spiro atoms. The smallest absolute Gasteiger partial charge is 0.237 e. The Morgan fingerprint density at radius 2 is 1.95 bits per heavy atom. The summed E-state index contributed by atoms with van der Waals surface area (Å²) in [6.45, 7) is 4.22. The molecule has 3 nitrogen and oxygen atoms in total. The SMILES string of the molecule is CC(CC(C)(NC1CC1)C(N)=O)SC1CCCCC1. The van der Waals surface area contributed by atoms with E-state index in [2.05, 4.69) is 24.0 Å². The molecule has 4 heteroatoms. The van der Waals surface area contributed by atoms with Gasteiger partial charge in [0.25, 0.3) is 0 Å². The molecule has 19 heavy (non-hydrogen) atoms. The fourth-order valence-corrected chi connectivity index (χ4v) is 4.75. The topological polar surface area (TPSA) is 55.1 Å². The highest BCUT2D eigenvalue weighted by Gasteiger charge is 2.38. The highest BCUT2D eigenvalue weighted by atomic mass is 32.2. The first-order valence-corrected chi connectivity index (χ1v) is 8.67. The Labute approximate surface area is 121 Å². The summed E-state index contributed by atoms with van der Waals surface area (Å²) < 4.78 is 0. The molecule has 2 fully saturated rings. The fourth-order valence-electron chi connectivity index (χ4n) is 3.06. The Morgan fingerprint density at radius 3 is 2.47 bits per heavy atom. The number of hydrogen-bond donors (Lipinski definition) is 2. The van der Waals surface area contributed by atoms with Crippen molar-refractivity contribution in [1.82, 2.24) is 5.32 Å². The van der Waals surface area contributed by atoms with E-state index in [9.17, 15) is 4.79 Å². The van der Waals surface area contributed by atoms with E-state index in [0.717, 1.165) is 11.7 Å². The van der Waals surface area contributed by atoms with Gasteiger partial charge in [-0.25, -0.2) is 0 Å². The summed E-state index contributed by atoms with van der Waals surface area (Å²) >= 11 is 2.06. The van der Waals surface area contributed by atoms with Crippen LogP contribution in [-0.4, -0.2) is 28.0 Å². The highest BCUT2D eigenvalue weighted by Crippen LogP contribution is 2.34. The van der Waals surface area contributed by atoms with Crippen molar-refractivity contribution >= 4 is 17.7 Å². The second-order valence-corrected chi connectivity index (χ2v) is 8.27. The second-order valence-electron chi connectivity index (χ2n) is 6.53. The first-order valence-electron chi connectivity index (χ1n) is 7.73. The molecule has 0 aromatic carbocycles. The summed E-state index contributed by atoms with van der Waals surface area (Å²) in [7, 11) is 0. The minimum Gasteiger partial charge on any atom is -0.368 e. The van der Waals surface area contributed by atoms with E-state index >= 15 is 0 Å². The van der Waals surface area contributed by atoms with Crippen LogP contribution in [-0.2, 0) is 4.79 Å². The zero-order chi connectivity index (χ0) is 13.9. The number of nitrogens with two attached hydrogens (primary N) is 1. The zero-order valence-corrected chi connectivity index (χ0v) is 13.1. The number of carbonyl (C=O) groups excluding carboxylic acids is 1. The van der Waals surface area contributed by atoms with Crippen LogP contribution in [0.4, 0.5) is 0 Å². The van der Waals surface area contributed by atoms with Crippen LogP contribution < -0.4 is 11.1 Å². The summed E-state index contributed by atoms with van der Waals surface area (Å²) in [6.07, 6.45) is 10.1. The highest BCUT2D eigenvalue weighted by molar-refractivity contribution is 8.00. The van der Waals surface area contributed by atoms with Gasteiger partial charge in [0.2, 0.25) is 5.91 Å². The third-order valence-corrected chi connectivity index (χ3v) is 5.80. The maximum Gasteiger partial charge on any atom is 0.237 e. The molecule has 0 saturated heterocycles. The van der Waals surface area contributed by atoms with Gasteiger partial charge in [0.15, 0.2) is 0 Å². The molecule has 0 bridgehead atoms. The van der Waals surface area contributed by atoms with Gasteiger partial charge in [-0.2, -0.15) is 11.8 Å². The van der Waals surface area contributed by atoms with Gasteiger partial charge in [-0.1, -0.05) is 26.2 Å². The lowest BCUT2D eigenvalue weighted by Gasteiger charge is -2.32. The molecule has 2 rings (SSSR count). The molecule has 0 aromatic heterocycles. The molecule has 0 radical (unpaired) electrons. The minimum absolute atomic E-state index is 0.199. The van der Waals surface area contributed by atoms with Crippen molar-refractivity contribution in [3.05, 3.63) is 0 Å². The van der Waals surface area contributed by atoms with Gasteiger partial charge in [0, 0.05) is 16.5 Å². The average Bonchev–Trinajstić information content (AvgIpc) is 3.13. The number of nitrogens with one attached hydrogen (secondary N) is 1. The standard InChI is InChI=1S/C15H28N2OS/c1-11(19-13-6-4-3-5-7-13)10-15(2,14(16)18)17-12-8-9-12/h11-13,17H,3-10H2,1-2H3,(H2,16,18). The van der Waals surface area contributed by atoms with Gasteiger partial charge in [0.1, 0.15) is 0 Å². The van der Waals surface area contributed by atoms with Gasteiger partial charge < -0.3 is 11.1 Å². The molecule has 0 aliphatic heterocycles. The van der Waals surface area contributed by atoms with Crippen molar-refractivity contribution in [3.63, 3.8) is 0 Å². The predicted octanol–water partition coefficient (Wildman–Crippen LogP) is 2.83. The van der Waals surface area contributed by atoms with Gasteiger partial charge in [-0.15, -0.1) is 0 Å². The van der Waals surface area contributed by atoms with Crippen LogP contribution in [0.3, 0.4) is 0 Å². The van der Waals surface area contributed by atoms with Gasteiger partial charge >= 0.3 is 0 Å². The van der Waals surface area contributed by atoms with E-state index in [0.29, 0.717) is 11.3 Å². The third-order valence-electron chi connectivity index (χ3n) is 4.32. The van der Waals surface area contributed by atoms with Crippen LogP contribution in [0, 0.1) is 0 Å². The van der Waals surface area contributed by atoms with Crippen LogP contribution >= 0.6 is 11.8 Å². The van der Waals surface area contributed by atoms with Crippen molar-refractivity contribution in [2.45, 2.75) is 87.3 Å². The summed E-state index contributed by atoms with van der Waals surface area (Å²) in [6, 6.07) is 0.518.